The molecule has 0 atom stereocenters. The fourth-order valence-corrected chi connectivity index (χ4v) is 4.00. The van der Waals surface area contributed by atoms with Crippen LogP contribution < -0.4 is 16.8 Å². The van der Waals surface area contributed by atoms with Gasteiger partial charge in [-0.1, -0.05) is 0 Å². The molecule has 1 saturated heterocycles. The lowest BCUT2D eigenvalue weighted by molar-refractivity contribution is 0.0398. The van der Waals surface area contributed by atoms with Crippen LogP contribution >= 0.6 is 23.1 Å². The van der Waals surface area contributed by atoms with E-state index in [1.807, 2.05) is 6.26 Å². The first-order chi connectivity index (χ1) is 9.63. The maximum absolute atomic E-state index is 11.3. The Bertz CT molecular complexity index is 472. The summed E-state index contributed by atoms with van der Waals surface area (Å²) in [5.41, 5.74) is 11.8. The maximum Gasteiger partial charge on any atom is 0.261 e. The van der Waals surface area contributed by atoms with E-state index in [-0.39, 0.29) is 0 Å². The van der Waals surface area contributed by atoms with E-state index in [1.165, 1.54) is 23.1 Å². The number of anilines is 2. The van der Waals surface area contributed by atoms with Gasteiger partial charge in [0.1, 0.15) is 9.88 Å². The molecule has 0 spiro atoms. The van der Waals surface area contributed by atoms with E-state index in [0.29, 0.717) is 10.6 Å². The van der Waals surface area contributed by atoms with Crippen LogP contribution in [0.4, 0.5) is 10.7 Å². The number of morpholine rings is 1. The van der Waals surface area contributed by atoms with E-state index >= 15 is 0 Å². The van der Waals surface area contributed by atoms with Crippen molar-refractivity contribution in [2.24, 2.45) is 5.73 Å². The van der Waals surface area contributed by atoms with Crippen molar-refractivity contribution >= 4 is 39.7 Å². The smallest absolute Gasteiger partial charge is 0.261 e. The molecule has 1 amide bonds. The number of hydrogen-bond donors (Lipinski definition) is 3. The SMILES string of the molecule is CSc1c(NCCN2CCOCC2)sc(C(N)=O)c1N. The zero-order valence-corrected chi connectivity index (χ0v) is 13.1. The van der Waals surface area contributed by atoms with E-state index in [9.17, 15) is 4.79 Å². The van der Waals surface area contributed by atoms with Gasteiger partial charge < -0.3 is 21.5 Å². The lowest BCUT2D eigenvalue weighted by Gasteiger charge is -2.26. The molecule has 2 heterocycles. The number of nitrogens with one attached hydrogen (secondary N) is 1. The average molecular weight is 316 g/mol. The van der Waals surface area contributed by atoms with Gasteiger partial charge in [0.05, 0.1) is 23.8 Å². The summed E-state index contributed by atoms with van der Waals surface area (Å²) in [5.74, 6) is -0.468. The standard InChI is InChI=1S/C12H20N4O2S2/c1-19-10-8(13)9(11(14)17)20-12(10)15-2-3-16-4-6-18-7-5-16/h15H,2-7,13H2,1H3,(H2,14,17). The van der Waals surface area contributed by atoms with Crippen molar-refractivity contribution in [3.8, 4) is 0 Å². The minimum Gasteiger partial charge on any atom is -0.396 e. The fourth-order valence-electron chi connectivity index (χ4n) is 2.08. The summed E-state index contributed by atoms with van der Waals surface area (Å²) in [4.78, 5) is 15.0. The summed E-state index contributed by atoms with van der Waals surface area (Å²) in [6.45, 7) is 5.29. The van der Waals surface area contributed by atoms with Gasteiger partial charge in [0.25, 0.3) is 5.91 Å². The number of thioether (sulfide) groups is 1. The second-order valence-electron chi connectivity index (χ2n) is 4.45. The molecular formula is C12H20N4O2S2. The highest BCUT2D eigenvalue weighted by atomic mass is 32.2. The van der Waals surface area contributed by atoms with Crippen LogP contribution in [0.1, 0.15) is 9.67 Å². The Morgan fingerprint density at radius 2 is 2.20 bits per heavy atom. The monoisotopic (exact) mass is 316 g/mol. The number of nitrogens with zero attached hydrogens (tertiary/aromatic N) is 1. The molecule has 0 aromatic carbocycles. The Hall–Kier alpha value is -0.960. The molecule has 112 valence electrons. The van der Waals surface area contributed by atoms with Crippen LogP contribution in [0.3, 0.4) is 0 Å². The van der Waals surface area contributed by atoms with Crippen LogP contribution in [0.15, 0.2) is 4.90 Å². The first-order valence-electron chi connectivity index (χ1n) is 6.43. The van der Waals surface area contributed by atoms with Crippen molar-refractivity contribution in [1.29, 1.82) is 0 Å². The average Bonchev–Trinajstić information content (AvgIpc) is 2.76. The fraction of sp³-hybridized carbons (Fsp3) is 0.583. The molecule has 0 unspecified atom stereocenters. The number of primary amides is 1. The number of thiophene rings is 1. The number of carbonyl (C=O) groups excluding carboxylic acids is 1. The summed E-state index contributed by atoms with van der Waals surface area (Å²) in [5, 5.41) is 4.28. The Kier molecular flexibility index (Phi) is 5.53. The minimum absolute atomic E-state index is 0.434. The molecule has 0 saturated carbocycles. The molecule has 2 rings (SSSR count). The van der Waals surface area contributed by atoms with Gasteiger partial charge in [0.15, 0.2) is 0 Å². The highest BCUT2D eigenvalue weighted by molar-refractivity contribution is 7.99. The van der Waals surface area contributed by atoms with Crippen molar-refractivity contribution in [1.82, 2.24) is 4.90 Å². The van der Waals surface area contributed by atoms with Gasteiger partial charge in [-0.15, -0.1) is 23.1 Å². The number of rotatable bonds is 6. The summed E-state index contributed by atoms with van der Waals surface area (Å²) in [6.07, 6.45) is 1.94. The Morgan fingerprint density at radius 1 is 1.50 bits per heavy atom. The van der Waals surface area contributed by atoms with E-state index in [1.54, 1.807) is 0 Å². The molecule has 0 bridgehead atoms. The van der Waals surface area contributed by atoms with Crippen LogP contribution in [-0.4, -0.2) is 56.5 Å². The quantitative estimate of drug-likeness (QED) is 0.675. The highest BCUT2D eigenvalue weighted by Gasteiger charge is 2.19. The van der Waals surface area contributed by atoms with E-state index in [2.05, 4.69) is 10.2 Å². The summed E-state index contributed by atoms with van der Waals surface area (Å²) in [6, 6.07) is 0. The zero-order chi connectivity index (χ0) is 14.5. The first kappa shape index (κ1) is 15.4. The molecule has 6 nitrogen and oxygen atoms in total. The number of ether oxygens (including phenoxy) is 1. The van der Waals surface area contributed by atoms with Gasteiger partial charge in [-0.2, -0.15) is 0 Å². The van der Waals surface area contributed by atoms with Crippen LogP contribution in [0.5, 0.6) is 0 Å². The predicted octanol–water partition coefficient (Wildman–Crippen LogP) is 0.895. The van der Waals surface area contributed by atoms with E-state index in [4.69, 9.17) is 16.2 Å². The Morgan fingerprint density at radius 3 is 2.80 bits per heavy atom. The van der Waals surface area contributed by atoms with Crippen LogP contribution in [0.2, 0.25) is 0 Å². The Labute approximate surface area is 126 Å². The largest absolute Gasteiger partial charge is 0.396 e. The molecule has 1 aliphatic rings. The number of amides is 1. The van der Waals surface area contributed by atoms with Gasteiger partial charge in [-0.05, 0) is 6.26 Å². The molecular weight excluding hydrogens is 296 g/mol. The Balaban J connectivity index is 1.94. The topological polar surface area (TPSA) is 93.6 Å². The number of nitrogen functional groups attached to an aromatic ring is 1. The van der Waals surface area contributed by atoms with Crippen molar-refractivity contribution in [3.05, 3.63) is 4.88 Å². The third kappa shape index (κ3) is 3.57. The zero-order valence-electron chi connectivity index (χ0n) is 11.5. The first-order valence-corrected chi connectivity index (χ1v) is 8.47. The molecule has 5 N–H and O–H groups in total. The lowest BCUT2D eigenvalue weighted by Crippen LogP contribution is -2.38. The molecule has 1 fully saturated rings. The summed E-state index contributed by atoms with van der Waals surface area (Å²) in [7, 11) is 0. The lowest BCUT2D eigenvalue weighted by atomic mass is 10.4. The predicted molar refractivity (Wildman–Crippen MR) is 84.8 cm³/mol. The normalized spacial score (nSPS) is 16.2. The van der Waals surface area contributed by atoms with Crippen molar-refractivity contribution in [2.75, 3.05) is 56.7 Å². The molecule has 1 aromatic heterocycles. The molecule has 1 aromatic rings. The molecule has 20 heavy (non-hydrogen) atoms. The third-order valence-electron chi connectivity index (χ3n) is 3.14. The van der Waals surface area contributed by atoms with Crippen molar-refractivity contribution in [3.63, 3.8) is 0 Å². The molecule has 1 aliphatic heterocycles. The minimum atomic E-state index is -0.468. The third-order valence-corrected chi connectivity index (χ3v) is 5.28. The number of nitrogens with two attached hydrogens (primary N) is 2. The second-order valence-corrected chi connectivity index (χ2v) is 6.29. The van der Waals surface area contributed by atoms with Gasteiger partial charge in [0.2, 0.25) is 0 Å². The maximum atomic E-state index is 11.3. The molecule has 8 heteroatoms. The van der Waals surface area contributed by atoms with Crippen molar-refractivity contribution in [2.45, 2.75) is 4.90 Å². The number of carbonyl (C=O) groups is 1. The van der Waals surface area contributed by atoms with Gasteiger partial charge >= 0.3 is 0 Å². The van der Waals surface area contributed by atoms with Gasteiger partial charge in [-0.25, -0.2) is 0 Å². The van der Waals surface area contributed by atoms with E-state index < -0.39 is 5.91 Å². The highest BCUT2D eigenvalue weighted by Crippen LogP contribution is 2.41. The summed E-state index contributed by atoms with van der Waals surface area (Å²) >= 11 is 2.86. The second kappa shape index (κ2) is 7.16. The van der Waals surface area contributed by atoms with Crippen LogP contribution in [-0.2, 0) is 4.74 Å². The van der Waals surface area contributed by atoms with Gasteiger partial charge in [-0.3, -0.25) is 9.69 Å². The molecule has 0 radical (unpaired) electrons. The van der Waals surface area contributed by atoms with E-state index in [0.717, 1.165) is 49.3 Å². The van der Waals surface area contributed by atoms with Crippen molar-refractivity contribution < 1.29 is 9.53 Å². The van der Waals surface area contributed by atoms with Crippen LogP contribution in [0.25, 0.3) is 0 Å². The number of hydrogen-bond acceptors (Lipinski definition) is 7. The van der Waals surface area contributed by atoms with Crippen LogP contribution in [0, 0.1) is 0 Å². The molecule has 0 aliphatic carbocycles. The van der Waals surface area contributed by atoms with Gasteiger partial charge in [0, 0.05) is 26.2 Å². The summed E-state index contributed by atoms with van der Waals surface area (Å²) < 4.78 is 5.31.